The van der Waals surface area contributed by atoms with E-state index in [0.717, 1.165) is 12.0 Å². The fourth-order valence-corrected chi connectivity index (χ4v) is 5.10. The third-order valence-corrected chi connectivity index (χ3v) is 6.16. The first kappa shape index (κ1) is 16.4. The minimum Gasteiger partial charge on any atom is -0.358 e. The molecule has 1 aromatic heterocycles. The Bertz CT molecular complexity index is 857. The summed E-state index contributed by atoms with van der Waals surface area (Å²) in [6.07, 6.45) is 13.0. The first-order chi connectivity index (χ1) is 12.1. The molecule has 2 heteroatoms. The van der Waals surface area contributed by atoms with E-state index in [-0.39, 0.29) is 17.2 Å². The lowest BCUT2D eigenvalue weighted by Gasteiger charge is -2.35. The quantitative estimate of drug-likeness (QED) is 0.591. The smallest absolute Gasteiger partial charge is 0.0968 e. The van der Waals surface area contributed by atoms with Gasteiger partial charge in [-0.3, -0.25) is 0 Å². The molecule has 4 rings (SSSR count). The van der Waals surface area contributed by atoms with E-state index in [2.05, 4.69) is 35.8 Å². The molecule has 1 heterocycles. The minimum atomic E-state index is -0.165. The second kappa shape index (κ2) is 6.33. The molecule has 130 valence electrons. The van der Waals surface area contributed by atoms with Crippen molar-refractivity contribution in [3.05, 3.63) is 71.7 Å². The molecule has 1 N–H and O–H groups in total. The van der Waals surface area contributed by atoms with Crippen LogP contribution in [-0.4, -0.2) is 4.98 Å². The zero-order chi connectivity index (χ0) is 17.4. The summed E-state index contributed by atoms with van der Waals surface area (Å²) in [5.41, 5.74) is 5.48. The van der Waals surface area contributed by atoms with Crippen molar-refractivity contribution in [1.82, 2.24) is 4.98 Å². The Morgan fingerprint density at radius 3 is 2.68 bits per heavy atom. The van der Waals surface area contributed by atoms with Crippen molar-refractivity contribution in [2.24, 2.45) is 0 Å². The summed E-state index contributed by atoms with van der Waals surface area (Å²) in [7, 11) is 0. The number of nitrogens with one attached hydrogen (secondary N) is 1. The predicted octanol–water partition coefficient (Wildman–Crippen LogP) is 6.84. The van der Waals surface area contributed by atoms with E-state index in [0.29, 0.717) is 0 Å². The van der Waals surface area contributed by atoms with Gasteiger partial charge in [-0.25, -0.2) is 4.39 Å². The van der Waals surface area contributed by atoms with Crippen LogP contribution in [0.3, 0.4) is 0 Å². The highest BCUT2D eigenvalue weighted by Crippen LogP contribution is 2.57. The molecular formula is C23H26FN. The van der Waals surface area contributed by atoms with Gasteiger partial charge in [0, 0.05) is 22.5 Å². The van der Waals surface area contributed by atoms with Crippen molar-refractivity contribution in [3.8, 4) is 0 Å². The first-order valence-corrected chi connectivity index (χ1v) is 9.42. The molecule has 0 saturated heterocycles. The van der Waals surface area contributed by atoms with E-state index >= 15 is 0 Å². The molecule has 0 bridgehead atoms. The van der Waals surface area contributed by atoms with E-state index < -0.39 is 0 Å². The molecule has 1 nitrogen and oxygen atoms in total. The molecule has 1 aromatic carbocycles. The Morgan fingerprint density at radius 2 is 1.96 bits per heavy atom. The molecule has 1 fully saturated rings. The number of aromatic nitrogens is 1. The van der Waals surface area contributed by atoms with Crippen LogP contribution in [0.15, 0.2) is 60.5 Å². The first-order valence-electron chi connectivity index (χ1n) is 9.42. The van der Waals surface area contributed by atoms with Gasteiger partial charge in [0.25, 0.3) is 0 Å². The summed E-state index contributed by atoms with van der Waals surface area (Å²) in [6, 6.07) is 8.66. The zero-order valence-corrected chi connectivity index (χ0v) is 14.9. The zero-order valence-electron chi connectivity index (χ0n) is 14.9. The molecule has 1 atom stereocenters. The third kappa shape index (κ3) is 2.68. The van der Waals surface area contributed by atoms with Crippen LogP contribution in [0, 0.1) is 0 Å². The lowest BCUT2D eigenvalue weighted by Crippen LogP contribution is -2.26. The number of hydrogen-bond donors (Lipinski definition) is 1. The summed E-state index contributed by atoms with van der Waals surface area (Å²) >= 11 is 0. The lowest BCUT2D eigenvalue weighted by atomic mass is 9.69. The highest BCUT2D eigenvalue weighted by Gasteiger charge is 2.47. The maximum absolute atomic E-state index is 13.3. The van der Waals surface area contributed by atoms with Gasteiger partial charge in [0.15, 0.2) is 0 Å². The maximum Gasteiger partial charge on any atom is 0.0968 e. The van der Waals surface area contributed by atoms with Crippen LogP contribution in [0.25, 0.3) is 10.9 Å². The lowest BCUT2D eigenvalue weighted by molar-refractivity contribution is 0.287. The number of para-hydroxylation sites is 1. The summed E-state index contributed by atoms with van der Waals surface area (Å²) in [5, 5.41) is 1.38. The van der Waals surface area contributed by atoms with E-state index in [9.17, 15) is 4.39 Å². The average molecular weight is 335 g/mol. The summed E-state index contributed by atoms with van der Waals surface area (Å²) in [4.78, 5) is 3.70. The summed E-state index contributed by atoms with van der Waals surface area (Å²) in [6.45, 7) is 5.50. The second-order valence-corrected chi connectivity index (χ2v) is 7.68. The number of allylic oxidation sites excluding steroid dienone is 5. The van der Waals surface area contributed by atoms with Gasteiger partial charge in [-0.15, -0.1) is 0 Å². The van der Waals surface area contributed by atoms with Crippen LogP contribution in [0.2, 0.25) is 0 Å². The van der Waals surface area contributed by atoms with Crippen molar-refractivity contribution in [2.75, 3.05) is 0 Å². The normalized spacial score (nSPS) is 23.2. The third-order valence-electron chi connectivity index (χ3n) is 6.16. The Balaban J connectivity index is 1.89. The molecule has 1 spiro atoms. The van der Waals surface area contributed by atoms with Gasteiger partial charge in [-0.1, -0.05) is 56.2 Å². The van der Waals surface area contributed by atoms with Crippen LogP contribution in [-0.2, 0) is 5.41 Å². The largest absolute Gasteiger partial charge is 0.358 e. The van der Waals surface area contributed by atoms with E-state index in [4.69, 9.17) is 0 Å². The van der Waals surface area contributed by atoms with Gasteiger partial charge in [0.1, 0.15) is 0 Å². The van der Waals surface area contributed by atoms with Crippen molar-refractivity contribution < 1.29 is 4.39 Å². The van der Waals surface area contributed by atoms with Gasteiger partial charge in [-0.05, 0) is 54.9 Å². The SMILES string of the molecule is C=C/C(=C\C=C(/C)F)C1CC2(CCCCC2)c2c1[nH]c1ccccc21. The summed E-state index contributed by atoms with van der Waals surface area (Å²) in [5.74, 6) is 0.121. The number of fused-ring (bicyclic) bond motifs is 4. The number of aromatic amines is 1. The second-order valence-electron chi connectivity index (χ2n) is 7.68. The molecule has 25 heavy (non-hydrogen) atoms. The highest BCUT2D eigenvalue weighted by atomic mass is 19.1. The average Bonchev–Trinajstić information content (AvgIpc) is 3.13. The van der Waals surface area contributed by atoms with Crippen LogP contribution in [0.4, 0.5) is 4.39 Å². The fourth-order valence-electron chi connectivity index (χ4n) is 5.10. The van der Waals surface area contributed by atoms with E-state index in [1.807, 2.05) is 12.2 Å². The van der Waals surface area contributed by atoms with Crippen molar-refractivity contribution in [1.29, 1.82) is 0 Å². The molecule has 2 aliphatic carbocycles. The number of H-pyrrole nitrogens is 1. The van der Waals surface area contributed by atoms with Gasteiger partial charge in [0.2, 0.25) is 0 Å². The highest BCUT2D eigenvalue weighted by molar-refractivity contribution is 5.87. The molecule has 0 amide bonds. The van der Waals surface area contributed by atoms with Gasteiger partial charge >= 0.3 is 0 Å². The number of halogens is 1. The molecule has 2 aliphatic rings. The Morgan fingerprint density at radius 1 is 1.20 bits per heavy atom. The standard InChI is InChI=1S/C23H26FN/c1-3-17(12-11-16(2)24)19-15-23(13-7-4-8-14-23)21-18-9-5-6-10-20(18)25-22(19)21/h3,5-6,9-12,19,25H,1,4,7-8,13-15H2,2H3/b16-11+,17-12+. The molecule has 1 unspecified atom stereocenters. The predicted molar refractivity (Wildman–Crippen MR) is 104 cm³/mol. The van der Waals surface area contributed by atoms with Crippen LogP contribution in [0.1, 0.15) is 62.6 Å². The monoisotopic (exact) mass is 335 g/mol. The molecule has 0 radical (unpaired) electrons. The Labute approximate surface area is 149 Å². The van der Waals surface area contributed by atoms with Crippen molar-refractivity contribution >= 4 is 10.9 Å². The molecule has 2 aromatic rings. The maximum atomic E-state index is 13.3. The number of hydrogen-bond acceptors (Lipinski definition) is 0. The summed E-state index contributed by atoms with van der Waals surface area (Å²) < 4.78 is 13.3. The topological polar surface area (TPSA) is 15.8 Å². The van der Waals surface area contributed by atoms with Gasteiger partial charge in [0.05, 0.1) is 5.83 Å². The Kier molecular flexibility index (Phi) is 4.15. The number of rotatable bonds is 3. The van der Waals surface area contributed by atoms with Crippen molar-refractivity contribution in [3.63, 3.8) is 0 Å². The molecular weight excluding hydrogens is 309 g/mol. The number of benzene rings is 1. The minimum absolute atomic E-state index is 0.165. The van der Waals surface area contributed by atoms with Crippen molar-refractivity contribution in [2.45, 2.75) is 56.8 Å². The van der Waals surface area contributed by atoms with Crippen LogP contribution in [0.5, 0.6) is 0 Å². The van der Waals surface area contributed by atoms with Gasteiger partial charge < -0.3 is 4.98 Å². The fraction of sp³-hybridized carbons (Fsp3) is 0.391. The van der Waals surface area contributed by atoms with Crippen LogP contribution < -0.4 is 0 Å². The molecule has 1 saturated carbocycles. The van der Waals surface area contributed by atoms with E-state index in [1.165, 1.54) is 61.2 Å². The van der Waals surface area contributed by atoms with Gasteiger partial charge in [-0.2, -0.15) is 0 Å². The van der Waals surface area contributed by atoms with Crippen LogP contribution >= 0.6 is 0 Å². The molecule has 0 aliphatic heterocycles. The Hall–Kier alpha value is -2.09. The van der Waals surface area contributed by atoms with E-state index in [1.54, 1.807) is 6.08 Å².